The molecule has 0 aliphatic heterocycles. The van der Waals surface area contributed by atoms with Gasteiger partial charge in [0, 0.05) is 11.4 Å². The molecule has 120 valence electrons. The van der Waals surface area contributed by atoms with Crippen LogP contribution in [0, 0.1) is 5.82 Å². The first-order valence-corrected chi connectivity index (χ1v) is 7.99. The fraction of sp³-hybridized carbons (Fsp3) is 0.211. The van der Waals surface area contributed by atoms with Gasteiger partial charge in [-0.3, -0.25) is 4.79 Å². The summed E-state index contributed by atoms with van der Waals surface area (Å²) < 4.78 is 18.4. The van der Waals surface area contributed by atoms with E-state index in [1.54, 1.807) is 42.5 Å². The van der Waals surface area contributed by atoms with Crippen molar-refractivity contribution in [2.45, 2.75) is 12.8 Å². The number of carbonyl (C=O) groups is 1. The van der Waals surface area contributed by atoms with Crippen LogP contribution in [0.25, 0.3) is 6.08 Å². The van der Waals surface area contributed by atoms with E-state index in [0.29, 0.717) is 18.1 Å². The number of halogens is 2. The number of carbonyl (C=O) groups excluding carboxylic acids is 1. The van der Waals surface area contributed by atoms with Crippen LogP contribution in [0.4, 0.5) is 4.39 Å². The van der Waals surface area contributed by atoms with Gasteiger partial charge >= 0.3 is 0 Å². The Morgan fingerprint density at radius 2 is 1.74 bits per heavy atom. The molecule has 2 aromatic rings. The standard InChI is InChI=1S/C19H18ClFO2/c20-13-1-2-14-23-18-10-6-16(7-11-18)19(22)12-5-15-3-8-17(21)9-4-15/h3-12H,1-2,13-14H2/b12-5+. The van der Waals surface area contributed by atoms with Crippen molar-refractivity contribution >= 4 is 23.5 Å². The molecule has 0 atom stereocenters. The zero-order valence-electron chi connectivity index (χ0n) is 12.7. The lowest BCUT2D eigenvalue weighted by molar-refractivity contribution is 0.104. The first-order valence-electron chi connectivity index (χ1n) is 7.46. The van der Waals surface area contributed by atoms with Crippen LogP contribution in [-0.4, -0.2) is 18.3 Å². The molecule has 0 saturated heterocycles. The molecule has 0 aromatic heterocycles. The van der Waals surface area contributed by atoms with E-state index >= 15 is 0 Å². The molecule has 2 nitrogen and oxygen atoms in total. The average Bonchev–Trinajstić information content (AvgIpc) is 2.58. The molecule has 0 spiro atoms. The largest absolute Gasteiger partial charge is 0.494 e. The van der Waals surface area contributed by atoms with E-state index in [9.17, 15) is 9.18 Å². The second kappa shape index (κ2) is 9.11. The molecule has 0 aliphatic rings. The molecular weight excluding hydrogens is 315 g/mol. The van der Waals surface area contributed by atoms with Crippen molar-refractivity contribution < 1.29 is 13.9 Å². The minimum absolute atomic E-state index is 0.108. The zero-order valence-corrected chi connectivity index (χ0v) is 13.4. The molecule has 0 N–H and O–H groups in total. The fourth-order valence-corrected chi connectivity index (χ4v) is 2.13. The van der Waals surface area contributed by atoms with Gasteiger partial charge in [-0.25, -0.2) is 4.39 Å². The molecule has 0 fully saturated rings. The molecule has 0 heterocycles. The molecule has 0 radical (unpaired) electrons. The van der Waals surface area contributed by atoms with E-state index in [4.69, 9.17) is 16.3 Å². The summed E-state index contributed by atoms with van der Waals surface area (Å²) in [5, 5.41) is 0. The molecule has 2 rings (SSSR count). The first kappa shape index (κ1) is 17.2. The molecule has 0 aliphatic carbocycles. The number of alkyl halides is 1. The Bertz CT molecular complexity index is 648. The number of unbranched alkanes of at least 4 members (excludes halogenated alkanes) is 1. The van der Waals surface area contributed by atoms with Crippen LogP contribution in [0.5, 0.6) is 5.75 Å². The van der Waals surface area contributed by atoms with E-state index in [1.165, 1.54) is 18.2 Å². The van der Waals surface area contributed by atoms with Crippen molar-refractivity contribution in [3.05, 3.63) is 71.6 Å². The van der Waals surface area contributed by atoms with Gasteiger partial charge in [-0.1, -0.05) is 18.2 Å². The van der Waals surface area contributed by atoms with Gasteiger partial charge in [-0.15, -0.1) is 11.6 Å². The van der Waals surface area contributed by atoms with Crippen LogP contribution in [0.1, 0.15) is 28.8 Å². The van der Waals surface area contributed by atoms with Crippen LogP contribution < -0.4 is 4.74 Å². The number of ketones is 1. The van der Waals surface area contributed by atoms with Crippen molar-refractivity contribution in [3.8, 4) is 5.75 Å². The summed E-state index contributed by atoms with van der Waals surface area (Å²) in [6, 6.07) is 13.0. The zero-order chi connectivity index (χ0) is 16.5. The third kappa shape index (κ3) is 5.87. The summed E-state index contributed by atoms with van der Waals surface area (Å²) in [5.74, 6) is 0.966. The number of allylic oxidation sites excluding steroid dienone is 1. The quantitative estimate of drug-likeness (QED) is 0.290. The highest BCUT2D eigenvalue weighted by Gasteiger charge is 2.02. The molecular formula is C19H18ClFO2. The summed E-state index contributed by atoms with van der Waals surface area (Å²) in [6.45, 7) is 0.616. The Labute approximate surface area is 140 Å². The lowest BCUT2D eigenvalue weighted by Gasteiger charge is -2.05. The Morgan fingerprint density at radius 1 is 1.04 bits per heavy atom. The lowest BCUT2D eigenvalue weighted by atomic mass is 10.1. The van der Waals surface area contributed by atoms with Gasteiger partial charge in [0.15, 0.2) is 5.78 Å². The van der Waals surface area contributed by atoms with Gasteiger partial charge in [-0.2, -0.15) is 0 Å². The third-order valence-electron chi connectivity index (χ3n) is 3.23. The van der Waals surface area contributed by atoms with Crippen molar-refractivity contribution in [2.24, 2.45) is 0 Å². The van der Waals surface area contributed by atoms with Crippen molar-refractivity contribution in [1.29, 1.82) is 0 Å². The summed E-state index contributed by atoms with van der Waals surface area (Å²) in [6.07, 6.45) is 4.97. The van der Waals surface area contributed by atoms with Gasteiger partial charge in [-0.05, 0) is 60.9 Å². The fourth-order valence-electron chi connectivity index (χ4n) is 1.94. The summed E-state index contributed by atoms with van der Waals surface area (Å²) in [5.41, 5.74) is 1.36. The first-order chi connectivity index (χ1) is 11.2. The molecule has 0 amide bonds. The van der Waals surface area contributed by atoms with E-state index < -0.39 is 0 Å². The predicted octanol–water partition coefficient (Wildman–Crippen LogP) is 5.12. The molecule has 4 heteroatoms. The van der Waals surface area contributed by atoms with E-state index in [-0.39, 0.29) is 11.6 Å². The van der Waals surface area contributed by atoms with Crippen LogP contribution in [0.15, 0.2) is 54.6 Å². The SMILES string of the molecule is O=C(/C=C/c1ccc(F)cc1)c1ccc(OCCCCCl)cc1. The highest BCUT2D eigenvalue weighted by Crippen LogP contribution is 2.14. The predicted molar refractivity (Wildman–Crippen MR) is 91.7 cm³/mol. The van der Waals surface area contributed by atoms with Gasteiger partial charge in [0.2, 0.25) is 0 Å². The second-order valence-corrected chi connectivity index (χ2v) is 5.40. The smallest absolute Gasteiger partial charge is 0.185 e. The summed E-state index contributed by atoms with van der Waals surface area (Å²) in [4.78, 5) is 12.1. The maximum Gasteiger partial charge on any atom is 0.185 e. The highest BCUT2D eigenvalue weighted by molar-refractivity contribution is 6.17. The maximum absolute atomic E-state index is 12.8. The second-order valence-electron chi connectivity index (χ2n) is 5.02. The van der Waals surface area contributed by atoms with Gasteiger partial charge in [0.25, 0.3) is 0 Å². The highest BCUT2D eigenvalue weighted by atomic mass is 35.5. The number of benzene rings is 2. The molecule has 0 unspecified atom stereocenters. The maximum atomic E-state index is 12.8. The van der Waals surface area contributed by atoms with Gasteiger partial charge in [0.05, 0.1) is 6.61 Å². The van der Waals surface area contributed by atoms with Gasteiger partial charge < -0.3 is 4.74 Å². The Morgan fingerprint density at radius 3 is 2.39 bits per heavy atom. The molecule has 2 aromatic carbocycles. The average molecular weight is 333 g/mol. The van der Waals surface area contributed by atoms with Gasteiger partial charge in [0.1, 0.15) is 11.6 Å². The summed E-state index contributed by atoms with van der Waals surface area (Å²) >= 11 is 5.60. The van der Waals surface area contributed by atoms with E-state index in [2.05, 4.69) is 0 Å². The lowest BCUT2D eigenvalue weighted by Crippen LogP contribution is -1.99. The Hall–Kier alpha value is -2.13. The Balaban J connectivity index is 1.90. The van der Waals surface area contributed by atoms with Crippen LogP contribution in [0.2, 0.25) is 0 Å². The Kier molecular flexibility index (Phi) is 6.82. The minimum Gasteiger partial charge on any atom is -0.494 e. The van der Waals surface area contributed by atoms with Crippen molar-refractivity contribution in [2.75, 3.05) is 12.5 Å². The minimum atomic E-state index is -0.296. The van der Waals surface area contributed by atoms with E-state index in [0.717, 1.165) is 24.2 Å². The normalized spacial score (nSPS) is 10.9. The molecule has 23 heavy (non-hydrogen) atoms. The third-order valence-corrected chi connectivity index (χ3v) is 3.50. The van der Waals surface area contributed by atoms with Crippen LogP contribution in [0.3, 0.4) is 0 Å². The number of hydrogen-bond donors (Lipinski definition) is 0. The van der Waals surface area contributed by atoms with Crippen LogP contribution in [-0.2, 0) is 0 Å². The topological polar surface area (TPSA) is 26.3 Å². The number of rotatable bonds is 8. The summed E-state index contributed by atoms with van der Waals surface area (Å²) in [7, 11) is 0. The van der Waals surface area contributed by atoms with Crippen molar-refractivity contribution in [3.63, 3.8) is 0 Å². The number of ether oxygens (including phenoxy) is 1. The van der Waals surface area contributed by atoms with Crippen molar-refractivity contribution in [1.82, 2.24) is 0 Å². The molecule has 0 saturated carbocycles. The van der Waals surface area contributed by atoms with Crippen LogP contribution >= 0.6 is 11.6 Å². The molecule has 0 bridgehead atoms. The number of hydrogen-bond acceptors (Lipinski definition) is 2. The van der Waals surface area contributed by atoms with E-state index in [1.807, 2.05) is 0 Å². The monoisotopic (exact) mass is 332 g/mol.